The number of piperidine rings is 1. The average molecular weight is 448 g/mol. The summed E-state index contributed by atoms with van der Waals surface area (Å²) in [5.74, 6) is 1.13. The van der Waals surface area contributed by atoms with Crippen molar-refractivity contribution in [3.63, 3.8) is 0 Å². The summed E-state index contributed by atoms with van der Waals surface area (Å²) in [4.78, 5) is 15.2. The molecule has 174 valence electrons. The van der Waals surface area contributed by atoms with Crippen molar-refractivity contribution in [2.24, 2.45) is 5.41 Å². The van der Waals surface area contributed by atoms with E-state index >= 15 is 0 Å². The molecule has 5 heteroatoms. The zero-order valence-electron chi connectivity index (χ0n) is 20.4. The lowest BCUT2D eigenvalue weighted by atomic mass is 9.43. The number of benzene rings is 1. The van der Waals surface area contributed by atoms with Crippen molar-refractivity contribution in [1.82, 2.24) is 4.90 Å². The van der Waals surface area contributed by atoms with Crippen LogP contribution in [0.1, 0.15) is 48.4 Å². The zero-order chi connectivity index (χ0) is 23.2. The van der Waals surface area contributed by atoms with Gasteiger partial charge in [-0.2, -0.15) is 0 Å². The summed E-state index contributed by atoms with van der Waals surface area (Å²) < 4.78 is 13.1. The van der Waals surface area contributed by atoms with Gasteiger partial charge in [0.05, 0.1) is 50.7 Å². The molecule has 1 aromatic carbocycles. The molecule has 1 spiro atoms. The minimum atomic E-state index is -0.0217. The molecular formula is C28H35N2O3+. The quantitative estimate of drug-likeness (QED) is 0.520. The number of hydrogen-bond donors (Lipinski definition) is 0. The number of likely N-dealkylation sites (N-methyl/N-ethyl adjacent to an activating group) is 2. The lowest BCUT2D eigenvalue weighted by Crippen LogP contribution is -2.76. The molecule has 1 aromatic heterocycles. The second-order valence-corrected chi connectivity index (χ2v) is 11.6. The molecule has 0 N–H and O–H groups in total. The van der Waals surface area contributed by atoms with E-state index in [1.54, 1.807) is 18.6 Å². The van der Waals surface area contributed by atoms with E-state index in [-0.39, 0.29) is 28.9 Å². The molecule has 3 heterocycles. The number of likely N-dealkylation sites (tertiary alicyclic amines) is 1. The fraction of sp³-hybridized carbons (Fsp3) is 0.536. The molecule has 2 fully saturated rings. The van der Waals surface area contributed by atoms with Gasteiger partial charge in [0.2, 0.25) is 5.91 Å². The van der Waals surface area contributed by atoms with Crippen molar-refractivity contribution in [3.05, 3.63) is 59.1 Å². The lowest BCUT2D eigenvalue weighted by molar-refractivity contribution is -0.932. The molecule has 2 aliphatic heterocycles. The normalized spacial score (nSPS) is 35.2. The van der Waals surface area contributed by atoms with Gasteiger partial charge in [0.1, 0.15) is 11.9 Å². The molecule has 1 saturated heterocycles. The first kappa shape index (κ1) is 21.0. The van der Waals surface area contributed by atoms with E-state index < -0.39 is 0 Å². The van der Waals surface area contributed by atoms with Crippen molar-refractivity contribution in [3.8, 4) is 5.75 Å². The smallest absolute Gasteiger partial charge is 0.246 e. The minimum Gasteiger partial charge on any atom is -0.487 e. The SMILES string of the molecule is Cc1ccc2c3c1O[C@H]1[C@H](N(C)C(=O)/C=C/c4ccoc4)CC[C@@]4(C)[C@@H](C2)[N+](C)(C)CC[C@]314. The van der Waals surface area contributed by atoms with Gasteiger partial charge in [-0.15, -0.1) is 0 Å². The molecule has 5 nitrogen and oxygen atoms in total. The van der Waals surface area contributed by atoms with E-state index in [2.05, 4.69) is 40.1 Å². The Hall–Kier alpha value is -2.53. The van der Waals surface area contributed by atoms with Crippen LogP contribution in [0.4, 0.5) is 0 Å². The number of aryl methyl sites for hydroxylation is 1. The van der Waals surface area contributed by atoms with E-state index in [9.17, 15) is 4.79 Å². The van der Waals surface area contributed by atoms with Crippen LogP contribution in [-0.4, -0.2) is 61.2 Å². The summed E-state index contributed by atoms with van der Waals surface area (Å²) in [6.45, 7) is 5.86. The van der Waals surface area contributed by atoms with E-state index in [1.165, 1.54) is 16.7 Å². The van der Waals surface area contributed by atoms with E-state index in [0.29, 0.717) is 6.04 Å². The molecule has 1 saturated carbocycles. The first-order valence-electron chi connectivity index (χ1n) is 12.3. The van der Waals surface area contributed by atoms with Crippen LogP contribution >= 0.6 is 0 Å². The second kappa shape index (κ2) is 6.75. The Morgan fingerprint density at radius 1 is 1.24 bits per heavy atom. The van der Waals surface area contributed by atoms with Crippen molar-refractivity contribution in [2.45, 2.75) is 63.1 Å². The Balaban J connectivity index is 1.43. The van der Waals surface area contributed by atoms with Crippen LogP contribution < -0.4 is 4.74 Å². The van der Waals surface area contributed by atoms with Crippen LogP contribution in [0.5, 0.6) is 5.75 Å². The van der Waals surface area contributed by atoms with E-state index in [1.807, 2.05) is 24.1 Å². The number of rotatable bonds is 3. The molecule has 1 amide bonds. The number of quaternary nitrogens is 1. The first-order chi connectivity index (χ1) is 15.7. The van der Waals surface area contributed by atoms with Crippen molar-refractivity contribution in [2.75, 3.05) is 27.7 Å². The summed E-state index contributed by atoms with van der Waals surface area (Å²) in [6.07, 6.45) is 11.1. The second-order valence-electron chi connectivity index (χ2n) is 11.6. The number of amides is 1. The van der Waals surface area contributed by atoms with Gasteiger partial charge in [-0.1, -0.05) is 19.1 Å². The van der Waals surface area contributed by atoms with Gasteiger partial charge in [-0.3, -0.25) is 4.79 Å². The van der Waals surface area contributed by atoms with Crippen LogP contribution in [0, 0.1) is 12.3 Å². The fourth-order valence-corrected chi connectivity index (χ4v) is 8.05. The average Bonchev–Trinajstić information content (AvgIpc) is 3.42. The van der Waals surface area contributed by atoms with Gasteiger partial charge in [-0.05, 0) is 43.0 Å². The highest BCUT2D eigenvalue weighted by Gasteiger charge is 2.74. The van der Waals surface area contributed by atoms with E-state index in [4.69, 9.17) is 9.15 Å². The molecule has 2 aromatic rings. The summed E-state index contributed by atoms with van der Waals surface area (Å²) in [6, 6.07) is 7.08. The number of carbonyl (C=O) groups is 1. The first-order valence-corrected chi connectivity index (χ1v) is 12.3. The van der Waals surface area contributed by atoms with Gasteiger partial charge in [0.15, 0.2) is 0 Å². The Morgan fingerprint density at radius 3 is 2.82 bits per heavy atom. The molecule has 2 aliphatic carbocycles. The van der Waals surface area contributed by atoms with Crippen LogP contribution in [0.15, 0.2) is 41.2 Å². The van der Waals surface area contributed by atoms with Gasteiger partial charge >= 0.3 is 0 Å². The van der Waals surface area contributed by atoms with Gasteiger partial charge in [-0.25, -0.2) is 0 Å². The van der Waals surface area contributed by atoms with Crippen molar-refractivity contribution >= 4 is 12.0 Å². The summed E-state index contributed by atoms with van der Waals surface area (Å²) in [7, 11) is 6.78. The number of ether oxygens (including phenoxy) is 1. The Labute approximate surface area is 196 Å². The standard InChI is InChI=1S/C28H35N2O3/c1-18-6-8-20-16-22-27(2)12-10-21(29(3)23(31)9-7-19-11-15-32-17-19)26-28(27,13-14-30(22,4)5)24(20)25(18)33-26/h6-9,11,15,17,21-22,26H,10,12-14,16H2,1-5H3/q+1/b9-7+/t21-,22-,26+,27+,28+/m1/s1. The van der Waals surface area contributed by atoms with Gasteiger partial charge in [0, 0.05) is 42.5 Å². The number of furan rings is 1. The lowest BCUT2D eigenvalue weighted by Gasteiger charge is -2.66. The minimum absolute atomic E-state index is 0.00507. The molecule has 4 aliphatic rings. The van der Waals surface area contributed by atoms with Crippen LogP contribution in [-0.2, 0) is 16.6 Å². The predicted octanol–water partition coefficient (Wildman–Crippen LogP) is 4.33. The monoisotopic (exact) mass is 447 g/mol. The Morgan fingerprint density at radius 2 is 2.06 bits per heavy atom. The highest BCUT2D eigenvalue weighted by Crippen LogP contribution is 2.69. The van der Waals surface area contributed by atoms with E-state index in [0.717, 1.165) is 48.0 Å². The topological polar surface area (TPSA) is 42.7 Å². The Kier molecular flexibility index (Phi) is 4.30. The molecule has 33 heavy (non-hydrogen) atoms. The van der Waals surface area contributed by atoms with Crippen LogP contribution in [0.25, 0.3) is 6.08 Å². The largest absolute Gasteiger partial charge is 0.487 e. The molecule has 2 bridgehead atoms. The van der Waals surface area contributed by atoms with Crippen LogP contribution in [0.2, 0.25) is 0 Å². The molecule has 6 rings (SSSR count). The van der Waals surface area contributed by atoms with Gasteiger partial charge < -0.3 is 18.5 Å². The Bertz CT molecular complexity index is 1150. The molecule has 0 radical (unpaired) electrons. The van der Waals surface area contributed by atoms with Crippen molar-refractivity contribution in [1.29, 1.82) is 0 Å². The highest BCUT2D eigenvalue weighted by molar-refractivity contribution is 5.91. The molecule has 5 atom stereocenters. The number of hydrogen-bond acceptors (Lipinski definition) is 3. The van der Waals surface area contributed by atoms with Gasteiger partial charge in [0.25, 0.3) is 0 Å². The molecular weight excluding hydrogens is 412 g/mol. The number of carbonyl (C=O) groups excluding carboxylic acids is 1. The third-order valence-electron chi connectivity index (χ3n) is 9.83. The summed E-state index contributed by atoms with van der Waals surface area (Å²) >= 11 is 0. The predicted molar refractivity (Wildman–Crippen MR) is 128 cm³/mol. The summed E-state index contributed by atoms with van der Waals surface area (Å²) in [5, 5.41) is 0. The number of nitrogens with zero attached hydrogens (tertiary/aromatic N) is 2. The fourth-order valence-electron chi connectivity index (χ4n) is 8.05. The zero-order valence-corrected chi connectivity index (χ0v) is 20.4. The van der Waals surface area contributed by atoms with Crippen LogP contribution in [0.3, 0.4) is 0 Å². The summed E-state index contributed by atoms with van der Waals surface area (Å²) in [5.41, 5.74) is 5.22. The molecule has 0 unspecified atom stereocenters. The third-order valence-corrected chi connectivity index (χ3v) is 9.83. The maximum atomic E-state index is 13.2. The highest BCUT2D eigenvalue weighted by atomic mass is 16.5. The maximum absolute atomic E-state index is 13.2. The third kappa shape index (κ3) is 2.60. The maximum Gasteiger partial charge on any atom is 0.246 e. The van der Waals surface area contributed by atoms with Crippen molar-refractivity contribution < 1.29 is 18.4 Å².